The number of rotatable bonds is 4. The van der Waals surface area contributed by atoms with Gasteiger partial charge in [-0.2, -0.15) is 0 Å². The molecule has 0 aliphatic rings. The standard InChI is InChI=1S/C17H9Cl4NO4/c18-10-6-11(19)16(21)17(15(10)20)22-13(23)7-25-9-3-1-8-2-4-14(24)26-12(8)5-9/h1-6H,7H2,(H,22,23). The zero-order chi connectivity index (χ0) is 18.8. The van der Waals surface area contributed by atoms with Crippen molar-refractivity contribution in [1.82, 2.24) is 0 Å². The summed E-state index contributed by atoms with van der Waals surface area (Å²) in [6.45, 7) is -0.334. The van der Waals surface area contributed by atoms with Crippen molar-refractivity contribution in [1.29, 1.82) is 0 Å². The van der Waals surface area contributed by atoms with E-state index in [0.717, 1.165) is 5.39 Å². The molecule has 0 aliphatic heterocycles. The van der Waals surface area contributed by atoms with Crippen LogP contribution in [-0.2, 0) is 4.79 Å². The lowest BCUT2D eigenvalue weighted by atomic mass is 10.2. The average Bonchev–Trinajstić information content (AvgIpc) is 2.61. The van der Waals surface area contributed by atoms with Crippen LogP contribution in [0.3, 0.4) is 0 Å². The van der Waals surface area contributed by atoms with E-state index in [9.17, 15) is 9.59 Å². The number of amides is 1. The summed E-state index contributed by atoms with van der Waals surface area (Å²) in [5.41, 5.74) is -0.0263. The smallest absolute Gasteiger partial charge is 0.336 e. The van der Waals surface area contributed by atoms with Crippen LogP contribution >= 0.6 is 46.4 Å². The van der Waals surface area contributed by atoms with Crippen LogP contribution in [0.5, 0.6) is 5.75 Å². The fourth-order valence-electron chi connectivity index (χ4n) is 2.14. The van der Waals surface area contributed by atoms with Gasteiger partial charge in [0.15, 0.2) is 6.61 Å². The third kappa shape index (κ3) is 4.07. The van der Waals surface area contributed by atoms with Crippen LogP contribution in [0.25, 0.3) is 11.0 Å². The monoisotopic (exact) mass is 431 g/mol. The number of fused-ring (bicyclic) bond motifs is 1. The van der Waals surface area contributed by atoms with E-state index in [1.807, 2.05) is 0 Å². The summed E-state index contributed by atoms with van der Waals surface area (Å²) in [5, 5.41) is 3.69. The van der Waals surface area contributed by atoms with Gasteiger partial charge in [0.25, 0.3) is 5.91 Å². The summed E-state index contributed by atoms with van der Waals surface area (Å²) in [5.74, 6) is -0.176. The zero-order valence-electron chi connectivity index (χ0n) is 12.8. The Morgan fingerprint density at radius 3 is 2.35 bits per heavy atom. The Morgan fingerprint density at radius 2 is 1.65 bits per heavy atom. The van der Waals surface area contributed by atoms with Crippen LogP contribution in [0, 0.1) is 0 Å². The molecule has 2 aromatic carbocycles. The third-order valence-electron chi connectivity index (χ3n) is 3.34. The number of hydrogen-bond donors (Lipinski definition) is 1. The molecule has 5 nitrogen and oxygen atoms in total. The van der Waals surface area contributed by atoms with Gasteiger partial charge in [0, 0.05) is 17.5 Å². The first-order chi connectivity index (χ1) is 12.3. The van der Waals surface area contributed by atoms with Crippen molar-refractivity contribution in [3.05, 3.63) is 66.9 Å². The van der Waals surface area contributed by atoms with Gasteiger partial charge in [-0.3, -0.25) is 4.79 Å². The van der Waals surface area contributed by atoms with Crippen molar-refractivity contribution >= 4 is 69.0 Å². The summed E-state index contributed by atoms with van der Waals surface area (Å²) in [7, 11) is 0. The Kier molecular flexibility index (Phi) is 5.63. The number of carbonyl (C=O) groups excluding carboxylic acids is 1. The van der Waals surface area contributed by atoms with E-state index < -0.39 is 11.5 Å². The Labute approximate surface area is 167 Å². The molecule has 134 valence electrons. The van der Waals surface area contributed by atoms with Crippen LogP contribution in [0.2, 0.25) is 20.1 Å². The number of benzene rings is 2. The van der Waals surface area contributed by atoms with Gasteiger partial charge in [0.2, 0.25) is 0 Å². The van der Waals surface area contributed by atoms with Crippen LogP contribution in [0.4, 0.5) is 5.69 Å². The number of ether oxygens (including phenoxy) is 1. The molecule has 0 unspecified atom stereocenters. The molecule has 3 aromatic rings. The molecule has 26 heavy (non-hydrogen) atoms. The van der Waals surface area contributed by atoms with Crippen LogP contribution in [0.1, 0.15) is 0 Å². The molecule has 0 spiro atoms. The molecule has 1 aromatic heterocycles. The maximum absolute atomic E-state index is 12.1. The van der Waals surface area contributed by atoms with Gasteiger partial charge < -0.3 is 14.5 Å². The van der Waals surface area contributed by atoms with Crippen molar-refractivity contribution in [3.8, 4) is 5.75 Å². The zero-order valence-corrected chi connectivity index (χ0v) is 15.8. The van der Waals surface area contributed by atoms with E-state index in [1.165, 1.54) is 18.2 Å². The minimum Gasteiger partial charge on any atom is -0.484 e. The second kappa shape index (κ2) is 7.76. The highest BCUT2D eigenvalue weighted by Crippen LogP contribution is 2.40. The molecule has 0 saturated heterocycles. The molecule has 0 saturated carbocycles. The Bertz CT molecular complexity index is 1040. The lowest BCUT2D eigenvalue weighted by Crippen LogP contribution is -2.20. The van der Waals surface area contributed by atoms with Gasteiger partial charge in [-0.15, -0.1) is 0 Å². The highest BCUT2D eigenvalue weighted by atomic mass is 35.5. The van der Waals surface area contributed by atoms with Crippen LogP contribution in [0.15, 0.2) is 45.6 Å². The predicted molar refractivity (Wildman–Crippen MR) is 103 cm³/mol. The topological polar surface area (TPSA) is 68.5 Å². The van der Waals surface area contributed by atoms with Crippen LogP contribution in [-0.4, -0.2) is 12.5 Å². The largest absolute Gasteiger partial charge is 0.484 e. The van der Waals surface area contributed by atoms with E-state index in [4.69, 9.17) is 55.6 Å². The fourth-order valence-corrected chi connectivity index (χ4v) is 3.04. The number of carbonyl (C=O) groups is 1. The minimum absolute atomic E-state index is 0.0712. The van der Waals surface area contributed by atoms with Gasteiger partial charge in [0.05, 0.1) is 25.8 Å². The molecule has 3 rings (SSSR count). The van der Waals surface area contributed by atoms with E-state index in [2.05, 4.69) is 5.32 Å². The maximum Gasteiger partial charge on any atom is 0.336 e. The van der Waals surface area contributed by atoms with E-state index in [-0.39, 0.29) is 32.4 Å². The number of nitrogens with one attached hydrogen (secondary N) is 1. The molecule has 0 fully saturated rings. The van der Waals surface area contributed by atoms with E-state index in [0.29, 0.717) is 11.3 Å². The molecular weight excluding hydrogens is 424 g/mol. The summed E-state index contributed by atoms with van der Waals surface area (Å²) >= 11 is 23.9. The molecule has 1 amide bonds. The van der Waals surface area contributed by atoms with Crippen LogP contribution < -0.4 is 15.7 Å². The number of halogens is 4. The van der Waals surface area contributed by atoms with Crippen molar-refractivity contribution in [2.45, 2.75) is 0 Å². The molecule has 0 radical (unpaired) electrons. The van der Waals surface area contributed by atoms with Crippen molar-refractivity contribution < 1.29 is 13.9 Å². The summed E-state index contributed by atoms with van der Waals surface area (Å²) in [6.07, 6.45) is 0. The molecule has 1 heterocycles. The van der Waals surface area contributed by atoms with Crippen molar-refractivity contribution in [2.75, 3.05) is 11.9 Å². The normalized spacial score (nSPS) is 10.8. The lowest BCUT2D eigenvalue weighted by molar-refractivity contribution is -0.118. The van der Waals surface area contributed by atoms with Crippen molar-refractivity contribution in [3.63, 3.8) is 0 Å². The van der Waals surface area contributed by atoms with Crippen molar-refractivity contribution in [2.24, 2.45) is 0 Å². The maximum atomic E-state index is 12.1. The fraction of sp³-hybridized carbons (Fsp3) is 0.0588. The van der Waals surface area contributed by atoms with E-state index in [1.54, 1.807) is 18.2 Å². The summed E-state index contributed by atoms with van der Waals surface area (Å²) in [4.78, 5) is 23.4. The van der Waals surface area contributed by atoms with Gasteiger partial charge in [0.1, 0.15) is 11.3 Å². The second-order valence-corrected chi connectivity index (χ2v) is 6.70. The Hall–Kier alpha value is -1.92. The highest BCUT2D eigenvalue weighted by Gasteiger charge is 2.16. The molecule has 1 N–H and O–H groups in total. The average molecular weight is 433 g/mol. The molecule has 9 heteroatoms. The Morgan fingerprint density at radius 1 is 1.00 bits per heavy atom. The summed E-state index contributed by atoms with van der Waals surface area (Å²) < 4.78 is 10.5. The van der Waals surface area contributed by atoms with Gasteiger partial charge >= 0.3 is 5.63 Å². The van der Waals surface area contributed by atoms with E-state index >= 15 is 0 Å². The first kappa shape index (κ1) is 18.9. The Balaban J connectivity index is 1.73. The number of hydrogen-bond acceptors (Lipinski definition) is 4. The summed E-state index contributed by atoms with van der Waals surface area (Å²) in [6, 6.07) is 9.19. The molecule has 0 bridgehead atoms. The minimum atomic E-state index is -0.526. The SMILES string of the molecule is O=C(COc1ccc2ccc(=O)oc2c1)Nc1c(Cl)c(Cl)cc(Cl)c1Cl. The first-order valence-electron chi connectivity index (χ1n) is 7.14. The lowest BCUT2D eigenvalue weighted by Gasteiger charge is -2.12. The van der Waals surface area contributed by atoms with Gasteiger partial charge in [-0.05, 0) is 24.3 Å². The molecule has 0 atom stereocenters. The second-order valence-electron chi connectivity index (χ2n) is 5.13. The highest BCUT2D eigenvalue weighted by molar-refractivity contribution is 6.50. The third-order valence-corrected chi connectivity index (χ3v) is 4.92. The predicted octanol–water partition coefficient (Wildman–Crippen LogP) is 5.42. The quantitative estimate of drug-likeness (QED) is 0.441. The molecular formula is C17H9Cl4NO4. The van der Waals surface area contributed by atoms with Gasteiger partial charge in [-0.1, -0.05) is 46.4 Å². The van der Waals surface area contributed by atoms with Gasteiger partial charge in [-0.25, -0.2) is 4.79 Å². The molecule has 0 aliphatic carbocycles. The first-order valence-corrected chi connectivity index (χ1v) is 8.66. The number of anilines is 1.